The largest absolute Gasteiger partial charge is 0.453 e. The van der Waals surface area contributed by atoms with Gasteiger partial charge in [-0.25, -0.2) is 19.6 Å². The van der Waals surface area contributed by atoms with Crippen molar-refractivity contribution in [2.75, 3.05) is 27.3 Å². The van der Waals surface area contributed by atoms with Gasteiger partial charge >= 0.3 is 12.2 Å². The molecule has 290 valence electrons. The number of H-pyrrole nitrogens is 2. The van der Waals surface area contributed by atoms with Gasteiger partial charge in [-0.15, -0.1) is 0 Å². The van der Waals surface area contributed by atoms with E-state index in [-0.39, 0.29) is 35.7 Å². The molecule has 4 heterocycles. The summed E-state index contributed by atoms with van der Waals surface area (Å²) in [5, 5.41) is 5.41. The van der Waals surface area contributed by atoms with Gasteiger partial charge in [0.2, 0.25) is 11.8 Å². The summed E-state index contributed by atoms with van der Waals surface area (Å²) >= 11 is 0. The highest BCUT2D eigenvalue weighted by molar-refractivity contribution is 5.87. The van der Waals surface area contributed by atoms with Crippen LogP contribution in [0.2, 0.25) is 0 Å². The Hall–Kier alpha value is -5.14. The summed E-state index contributed by atoms with van der Waals surface area (Å²) in [4.78, 5) is 71.0. The first kappa shape index (κ1) is 38.6. The van der Waals surface area contributed by atoms with Crippen LogP contribution in [0.5, 0.6) is 0 Å². The molecule has 5 atom stereocenters. The summed E-state index contributed by atoms with van der Waals surface area (Å²) in [7, 11) is 2.59. The first-order chi connectivity index (χ1) is 26.0. The molecule has 3 aliphatic rings. The number of hydrogen-bond donors (Lipinski definition) is 4. The molecule has 2 aliphatic heterocycles. The highest BCUT2D eigenvalue weighted by Crippen LogP contribution is 2.38. The molecule has 14 heteroatoms. The molecule has 1 aliphatic carbocycles. The van der Waals surface area contributed by atoms with Crippen LogP contribution in [-0.2, 0) is 19.1 Å². The number of alkyl carbamates (subject to hydrolysis) is 2. The van der Waals surface area contributed by atoms with Crippen molar-refractivity contribution < 1.29 is 28.7 Å². The van der Waals surface area contributed by atoms with Crippen molar-refractivity contribution in [1.29, 1.82) is 0 Å². The number of rotatable bonds is 11. The van der Waals surface area contributed by atoms with Crippen LogP contribution in [0.25, 0.3) is 16.8 Å². The van der Waals surface area contributed by atoms with E-state index >= 15 is 0 Å². The first-order valence-corrected chi connectivity index (χ1v) is 19.2. The van der Waals surface area contributed by atoms with Gasteiger partial charge in [0.05, 0.1) is 50.1 Å². The third kappa shape index (κ3) is 8.32. The molecule has 1 aromatic carbocycles. The second-order valence-electron chi connectivity index (χ2n) is 15.3. The van der Waals surface area contributed by atoms with E-state index in [0.717, 1.165) is 73.5 Å². The molecular formula is C40H54N8O6. The lowest BCUT2D eigenvalue weighted by atomic mass is 9.83. The number of hydrogen-bond acceptors (Lipinski definition) is 8. The standard InChI is InChI=1S/C40H54N8O6/c1-23(2)33(45-39(51)53-5)37(49)47-19-7-9-31(47)35-41-21-29(43-35)27-15-11-25(12-16-27)26-13-17-28(18-14-26)30-22-42-36(44-30)32-10-8-20-48(32)38(50)34(24(3)4)46-40(52)54-6/h11-12,15-17,21-24,26,31-34H,7-10,13-14,18-20H2,1-6H3,(H,41,43)(H,42,44)(H,45,51)(H,46,52)/t26?,31-,32-,33-,34?/m0/s1. The monoisotopic (exact) mass is 742 g/mol. The number of methoxy groups -OCH3 is 2. The topological polar surface area (TPSA) is 175 Å². The third-order valence-electron chi connectivity index (χ3n) is 11.1. The van der Waals surface area contributed by atoms with E-state index in [1.54, 1.807) is 0 Å². The summed E-state index contributed by atoms with van der Waals surface area (Å²) in [6, 6.07) is 6.93. The lowest BCUT2D eigenvalue weighted by molar-refractivity contribution is -0.136. The Labute approximate surface area is 316 Å². The first-order valence-electron chi connectivity index (χ1n) is 19.2. The maximum atomic E-state index is 13.5. The minimum atomic E-state index is -0.676. The quantitative estimate of drug-likeness (QED) is 0.179. The van der Waals surface area contributed by atoms with Crippen molar-refractivity contribution in [1.82, 2.24) is 40.4 Å². The van der Waals surface area contributed by atoms with Crippen LogP contribution < -0.4 is 10.6 Å². The van der Waals surface area contributed by atoms with Gasteiger partial charge in [-0.1, -0.05) is 58.0 Å². The molecule has 0 bridgehead atoms. The zero-order chi connectivity index (χ0) is 38.5. The number of carbonyl (C=O) groups is 4. The van der Waals surface area contributed by atoms with Gasteiger partial charge in [-0.2, -0.15) is 0 Å². The second-order valence-corrected chi connectivity index (χ2v) is 15.3. The number of aromatic nitrogens is 4. The Morgan fingerprint density at radius 1 is 0.741 bits per heavy atom. The van der Waals surface area contributed by atoms with E-state index in [0.29, 0.717) is 19.0 Å². The fourth-order valence-electron chi connectivity index (χ4n) is 8.02. The Balaban J connectivity index is 1.07. The molecule has 2 unspecified atom stereocenters. The molecule has 0 saturated carbocycles. The van der Waals surface area contributed by atoms with Crippen LogP contribution in [0, 0.1) is 11.8 Å². The molecule has 6 rings (SSSR count). The molecule has 3 aromatic rings. The second kappa shape index (κ2) is 16.9. The predicted molar refractivity (Wildman–Crippen MR) is 203 cm³/mol. The molecule has 2 saturated heterocycles. The summed E-state index contributed by atoms with van der Waals surface area (Å²) in [6.07, 6.45) is 10.9. The van der Waals surface area contributed by atoms with E-state index in [1.165, 1.54) is 25.4 Å². The molecule has 0 radical (unpaired) electrons. The molecule has 4 N–H and O–H groups in total. The fraction of sp³-hybridized carbons (Fsp3) is 0.550. The number of imidazole rings is 2. The summed E-state index contributed by atoms with van der Waals surface area (Å²) in [6.45, 7) is 8.86. The third-order valence-corrected chi connectivity index (χ3v) is 11.1. The fourth-order valence-corrected chi connectivity index (χ4v) is 8.02. The van der Waals surface area contributed by atoms with Crippen LogP contribution in [0.1, 0.15) is 114 Å². The van der Waals surface area contributed by atoms with Gasteiger partial charge in [0, 0.05) is 13.1 Å². The van der Waals surface area contributed by atoms with Crippen molar-refractivity contribution in [3.63, 3.8) is 0 Å². The van der Waals surface area contributed by atoms with E-state index in [9.17, 15) is 19.2 Å². The number of benzene rings is 1. The van der Waals surface area contributed by atoms with Gasteiger partial charge < -0.3 is 39.9 Å². The molecule has 2 aromatic heterocycles. The van der Waals surface area contributed by atoms with Crippen molar-refractivity contribution in [3.05, 3.63) is 65.6 Å². The smallest absolute Gasteiger partial charge is 0.407 e. The Morgan fingerprint density at radius 2 is 1.24 bits per heavy atom. The number of amides is 4. The maximum absolute atomic E-state index is 13.5. The Morgan fingerprint density at radius 3 is 1.70 bits per heavy atom. The number of nitrogens with one attached hydrogen (secondary N) is 4. The predicted octanol–water partition coefficient (Wildman–Crippen LogP) is 6.24. The molecule has 14 nitrogen and oxygen atoms in total. The van der Waals surface area contributed by atoms with Crippen molar-refractivity contribution in [2.45, 2.75) is 103 Å². The minimum Gasteiger partial charge on any atom is -0.453 e. The van der Waals surface area contributed by atoms with E-state index in [1.807, 2.05) is 49.9 Å². The lowest BCUT2D eigenvalue weighted by Crippen LogP contribution is -2.51. The average Bonchev–Trinajstić information content (AvgIpc) is 4.02. The van der Waals surface area contributed by atoms with Crippen molar-refractivity contribution in [2.24, 2.45) is 11.8 Å². The Kier molecular flexibility index (Phi) is 12.1. The minimum absolute atomic E-state index is 0.0886. The van der Waals surface area contributed by atoms with Gasteiger partial charge in [0.25, 0.3) is 0 Å². The van der Waals surface area contributed by atoms with Gasteiger partial charge in [0.15, 0.2) is 0 Å². The van der Waals surface area contributed by atoms with Gasteiger partial charge in [0.1, 0.15) is 23.7 Å². The SMILES string of the molecule is COC(=O)NC(C(=O)N1CCC[C@H]1c1ncc(C2=CCC(c3ccc(-c4cnc([C@@H]5CCCN5C(=O)[C@@H](NC(=O)OC)C(C)C)[nH]4)cc3)CC2)[nH]1)C(C)C. The number of ether oxygens (including phenoxy) is 2. The molecule has 0 spiro atoms. The molecule has 54 heavy (non-hydrogen) atoms. The van der Waals surface area contributed by atoms with Crippen LogP contribution in [0.4, 0.5) is 9.59 Å². The number of aromatic amines is 2. The van der Waals surface area contributed by atoms with E-state index in [4.69, 9.17) is 14.5 Å². The maximum Gasteiger partial charge on any atom is 0.407 e. The summed E-state index contributed by atoms with van der Waals surface area (Å²) < 4.78 is 9.52. The van der Waals surface area contributed by atoms with Crippen LogP contribution in [0.15, 0.2) is 42.7 Å². The van der Waals surface area contributed by atoms with Crippen LogP contribution in [-0.4, -0.2) is 93.1 Å². The van der Waals surface area contributed by atoms with Crippen molar-refractivity contribution >= 4 is 29.6 Å². The van der Waals surface area contributed by atoms with E-state index < -0.39 is 24.3 Å². The normalized spacial score (nSPS) is 21.2. The lowest BCUT2D eigenvalue weighted by Gasteiger charge is -2.30. The highest BCUT2D eigenvalue weighted by Gasteiger charge is 2.39. The zero-order valence-corrected chi connectivity index (χ0v) is 32.2. The van der Waals surface area contributed by atoms with Crippen LogP contribution >= 0.6 is 0 Å². The zero-order valence-electron chi connectivity index (χ0n) is 32.2. The highest BCUT2D eigenvalue weighted by atomic mass is 16.5. The van der Waals surface area contributed by atoms with Gasteiger partial charge in [-0.3, -0.25) is 9.59 Å². The Bertz CT molecular complexity index is 1830. The number of allylic oxidation sites excluding steroid dienone is 2. The van der Waals surface area contributed by atoms with Crippen molar-refractivity contribution in [3.8, 4) is 11.3 Å². The molecule has 4 amide bonds. The van der Waals surface area contributed by atoms with Gasteiger partial charge in [-0.05, 0) is 79.4 Å². The van der Waals surface area contributed by atoms with E-state index in [2.05, 4.69) is 55.9 Å². The number of likely N-dealkylation sites (tertiary alicyclic amines) is 2. The summed E-state index contributed by atoms with van der Waals surface area (Å²) in [5.74, 6) is 1.49. The molecular weight excluding hydrogens is 688 g/mol. The summed E-state index contributed by atoms with van der Waals surface area (Å²) in [5.41, 5.74) is 5.42. The number of carbonyl (C=O) groups excluding carboxylic acids is 4. The molecule has 2 fully saturated rings. The number of nitrogens with zero attached hydrogens (tertiary/aromatic N) is 4. The average molecular weight is 743 g/mol. The van der Waals surface area contributed by atoms with Crippen LogP contribution in [0.3, 0.4) is 0 Å².